The Morgan fingerprint density at radius 2 is 1.88 bits per heavy atom. The second kappa shape index (κ2) is 9.81. The molecule has 1 aliphatic heterocycles. The van der Waals surface area contributed by atoms with Gasteiger partial charge in [-0.25, -0.2) is 0 Å². The largest absolute Gasteiger partial charge is 0.356 e. The van der Waals surface area contributed by atoms with Crippen molar-refractivity contribution in [1.29, 1.82) is 0 Å². The molecule has 1 atom stereocenters. The number of nitrogens with one attached hydrogen (secondary N) is 1. The molecule has 1 N–H and O–H groups in total. The highest BCUT2D eigenvalue weighted by Gasteiger charge is 2.25. The van der Waals surface area contributed by atoms with Crippen molar-refractivity contribution in [2.75, 3.05) is 46.3 Å². The first-order chi connectivity index (χ1) is 12.0. The van der Waals surface area contributed by atoms with Gasteiger partial charge in [-0.05, 0) is 51.3 Å². The van der Waals surface area contributed by atoms with Crippen LogP contribution in [0.3, 0.4) is 0 Å². The summed E-state index contributed by atoms with van der Waals surface area (Å²) >= 11 is 0. The van der Waals surface area contributed by atoms with Crippen LogP contribution in [-0.4, -0.2) is 62.1 Å². The lowest BCUT2D eigenvalue weighted by Crippen LogP contribution is -2.41. The molecular weight excluding hydrogens is 308 g/mol. The Morgan fingerprint density at radius 1 is 1.20 bits per heavy atom. The van der Waals surface area contributed by atoms with Gasteiger partial charge in [-0.1, -0.05) is 43.2 Å². The average Bonchev–Trinajstić information content (AvgIpc) is 3.04. The smallest absolute Gasteiger partial charge is 0.193 e. The van der Waals surface area contributed by atoms with Gasteiger partial charge in [-0.15, -0.1) is 0 Å². The summed E-state index contributed by atoms with van der Waals surface area (Å²) in [4.78, 5) is 9.47. The van der Waals surface area contributed by atoms with Gasteiger partial charge in [0, 0.05) is 33.2 Å². The first-order valence-electron chi connectivity index (χ1n) is 9.80. The molecule has 0 amide bonds. The Balaban J connectivity index is 1.81. The minimum atomic E-state index is 0.762. The first-order valence-corrected chi connectivity index (χ1v) is 9.80. The number of aryl methyl sites for hydroxylation is 2. The monoisotopic (exact) mass is 344 g/mol. The highest BCUT2D eigenvalue weighted by atomic mass is 15.3. The molecule has 0 aromatic heterocycles. The summed E-state index contributed by atoms with van der Waals surface area (Å²) in [6.45, 7) is 15.5. The lowest BCUT2D eigenvalue weighted by atomic mass is 10.1. The van der Waals surface area contributed by atoms with Gasteiger partial charge in [-0.3, -0.25) is 4.99 Å². The van der Waals surface area contributed by atoms with E-state index in [2.05, 4.69) is 66.0 Å². The molecule has 0 aliphatic carbocycles. The van der Waals surface area contributed by atoms with Gasteiger partial charge in [0.2, 0.25) is 0 Å². The fourth-order valence-corrected chi connectivity index (χ4v) is 3.89. The van der Waals surface area contributed by atoms with Crippen LogP contribution >= 0.6 is 0 Å². The maximum Gasteiger partial charge on any atom is 0.193 e. The number of guanidine groups is 1. The van der Waals surface area contributed by atoms with E-state index in [0.717, 1.165) is 51.0 Å². The third kappa shape index (κ3) is 6.03. The molecule has 0 bridgehead atoms. The van der Waals surface area contributed by atoms with E-state index in [1.807, 2.05) is 7.05 Å². The Labute approximate surface area is 154 Å². The topological polar surface area (TPSA) is 30.9 Å². The summed E-state index contributed by atoms with van der Waals surface area (Å²) < 4.78 is 0. The highest BCUT2D eigenvalue weighted by Crippen LogP contribution is 2.17. The summed E-state index contributed by atoms with van der Waals surface area (Å²) in [6, 6.07) is 6.80. The molecule has 2 rings (SSSR count). The molecule has 1 fully saturated rings. The molecule has 1 aromatic rings. The van der Waals surface area contributed by atoms with Crippen LogP contribution < -0.4 is 5.32 Å². The zero-order chi connectivity index (χ0) is 18.2. The van der Waals surface area contributed by atoms with E-state index in [1.165, 1.54) is 29.7 Å². The number of hydrogen-bond donors (Lipinski definition) is 1. The molecule has 25 heavy (non-hydrogen) atoms. The van der Waals surface area contributed by atoms with Crippen LogP contribution in [0.1, 0.15) is 37.0 Å². The van der Waals surface area contributed by atoms with Gasteiger partial charge < -0.3 is 15.1 Å². The van der Waals surface area contributed by atoms with E-state index in [4.69, 9.17) is 0 Å². The zero-order valence-electron chi connectivity index (χ0n) is 16.8. The summed E-state index contributed by atoms with van der Waals surface area (Å²) in [5.41, 5.74) is 4.10. The number of benzene rings is 1. The molecular formula is C21H36N4. The molecule has 4 heteroatoms. The third-order valence-electron chi connectivity index (χ3n) is 5.19. The molecule has 1 unspecified atom stereocenters. The Morgan fingerprint density at radius 3 is 2.48 bits per heavy atom. The fourth-order valence-electron chi connectivity index (χ4n) is 3.89. The van der Waals surface area contributed by atoms with Crippen LogP contribution in [0, 0.1) is 19.8 Å². The summed E-state index contributed by atoms with van der Waals surface area (Å²) in [6.07, 6.45) is 2.31. The minimum Gasteiger partial charge on any atom is -0.356 e. The van der Waals surface area contributed by atoms with Gasteiger partial charge >= 0.3 is 0 Å². The van der Waals surface area contributed by atoms with E-state index in [0.29, 0.717) is 0 Å². The van der Waals surface area contributed by atoms with Crippen molar-refractivity contribution in [3.8, 4) is 0 Å². The maximum absolute atomic E-state index is 4.51. The van der Waals surface area contributed by atoms with Crippen molar-refractivity contribution in [2.45, 2.75) is 40.5 Å². The van der Waals surface area contributed by atoms with Crippen molar-refractivity contribution >= 4 is 5.96 Å². The van der Waals surface area contributed by atoms with E-state index < -0.39 is 0 Å². The highest BCUT2D eigenvalue weighted by molar-refractivity contribution is 5.80. The minimum absolute atomic E-state index is 0.762. The lowest BCUT2D eigenvalue weighted by Gasteiger charge is -2.24. The molecule has 1 saturated heterocycles. The zero-order valence-corrected chi connectivity index (χ0v) is 16.8. The van der Waals surface area contributed by atoms with Crippen LogP contribution in [0.15, 0.2) is 23.2 Å². The lowest BCUT2D eigenvalue weighted by molar-refractivity contribution is 0.255. The van der Waals surface area contributed by atoms with E-state index >= 15 is 0 Å². The predicted molar refractivity (Wildman–Crippen MR) is 108 cm³/mol. The Kier molecular flexibility index (Phi) is 7.76. The van der Waals surface area contributed by atoms with Crippen LogP contribution in [0.2, 0.25) is 0 Å². The molecule has 1 aliphatic rings. The number of likely N-dealkylation sites (tertiary alicyclic amines) is 1. The number of aliphatic imine (C=N–C) groups is 1. The SMILES string of the molecule is CCN(CC)CC1CCN(C(=NC)NCCc2cc(C)cc(C)c2)C1. The second-order valence-electron chi connectivity index (χ2n) is 7.31. The van der Waals surface area contributed by atoms with Crippen LogP contribution in [0.4, 0.5) is 0 Å². The molecule has 1 aromatic carbocycles. The number of rotatable bonds is 7. The van der Waals surface area contributed by atoms with Gasteiger partial charge in [0.1, 0.15) is 0 Å². The quantitative estimate of drug-likeness (QED) is 0.609. The van der Waals surface area contributed by atoms with Crippen LogP contribution in [0.5, 0.6) is 0 Å². The molecule has 0 spiro atoms. The Bertz CT molecular complexity index is 543. The van der Waals surface area contributed by atoms with Crippen LogP contribution in [0.25, 0.3) is 0 Å². The summed E-state index contributed by atoms with van der Waals surface area (Å²) in [7, 11) is 1.90. The van der Waals surface area contributed by atoms with Gasteiger partial charge in [0.05, 0.1) is 0 Å². The maximum atomic E-state index is 4.51. The Hall–Kier alpha value is -1.55. The van der Waals surface area contributed by atoms with Gasteiger partial charge in [0.25, 0.3) is 0 Å². The summed E-state index contributed by atoms with van der Waals surface area (Å²) in [5, 5.41) is 3.56. The van der Waals surface area contributed by atoms with Gasteiger partial charge in [0.15, 0.2) is 5.96 Å². The normalized spacial score (nSPS) is 18.2. The van der Waals surface area contributed by atoms with E-state index in [-0.39, 0.29) is 0 Å². The number of hydrogen-bond acceptors (Lipinski definition) is 2. The average molecular weight is 345 g/mol. The fraction of sp³-hybridized carbons (Fsp3) is 0.667. The van der Waals surface area contributed by atoms with Crippen molar-refractivity contribution in [3.05, 3.63) is 34.9 Å². The van der Waals surface area contributed by atoms with Crippen molar-refractivity contribution < 1.29 is 0 Å². The van der Waals surface area contributed by atoms with Crippen molar-refractivity contribution in [3.63, 3.8) is 0 Å². The van der Waals surface area contributed by atoms with Gasteiger partial charge in [-0.2, -0.15) is 0 Å². The van der Waals surface area contributed by atoms with Crippen LogP contribution in [-0.2, 0) is 6.42 Å². The van der Waals surface area contributed by atoms with Crippen molar-refractivity contribution in [1.82, 2.24) is 15.1 Å². The second-order valence-corrected chi connectivity index (χ2v) is 7.31. The standard InChI is InChI=1S/C21H36N4/c1-6-24(7-2)15-20-9-11-25(16-20)21(22-5)23-10-8-19-13-17(3)12-18(4)14-19/h12-14,20H,6-11,15-16H2,1-5H3,(H,22,23). The molecule has 1 heterocycles. The third-order valence-corrected chi connectivity index (χ3v) is 5.19. The predicted octanol–water partition coefficient (Wildman–Crippen LogP) is 3.09. The summed E-state index contributed by atoms with van der Waals surface area (Å²) in [5.74, 6) is 1.82. The van der Waals surface area contributed by atoms with E-state index in [9.17, 15) is 0 Å². The molecule has 0 radical (unpaired) electrons. The molecule has 0 saturated carbocycles. The van der Waals surface area contributed by atoms with E-state index in [1.54, 1.807) is 0 Å². The molecule has 140 valence electrons. The van der Waals surface area contributed by atoms with Crippen molar-refractivity contribution in [2.24, 2.45) is 10.9 Å². The molecule has 4 nitrogen and oxygen atoms in total. The first kappa shape index (κ1) is 19.8. The number of nitrogens with zero attached hydrogens (tertiary/aromatic N) is 3.